The first-order valence-electron chi connectivity index (χ1n) is 6.35. The molecule has 5 heteroatoms. The van der Waals surface area contributed by atoms with Gasteiger partial charge in [0, 0.05) is 23.8 Å². The standard InChI is InChI=1S/C14H19BrN2O2/c1-8-4-10(15)5-9(2)13(8)17-14(18)12-6-11(19-3)7-16-12/h4-5,11-12,16H,6-7H2,1-3H3,(H,17,18). The van der Waals surface area contributed by atoms with Crippen molar-refractivity contribution in [3.05, 3.63) is 27.7 Å². The number of carbonyl (C=O) groups excluding carboxylic acids is 1. The lowest BCUT2D eigenvalue weighted by molar-refractivity contribution is -0.118. The van der Waals surface area contributed by atoms with E-state index in [0.717, 1.165) is 34.3 Å². The Hall–Kier alpha value is -0.910. The lowest BCUT2D eigenvalue weighted by atomic mass is 10.1. The van der Waals surface area contributed by atoms with Gasteiger partial charge < -0.3 is 15.4 Å². The van der Waals surface area contributed by atoms with Gasteiger partial charge in [-0.1, -0.05) is 15.9 Å². The zero-order valence-corrected chi connectivity index (χ0v) is 13.0. The number of anilines is 1. The molecule has 0 bridgehead atoms. The molecular formula is C14H19BrN2O2. The first-order chi connectivity index (χ1) is 9.01. The number of benzene rings is 1. The minimum Gasteiger partial charge on any atom is -0.380 e. The fourth-order valence-electron chi connectivity index (χ4n) is 2.40. The molecular weight excluding hydrogens is 308 g/mol. The van der Waals surface area contributed by atoms with Crippen molar-refractivity contribution in [1.29, 1.82) is 0 Å². The highest BCUT2D eigenvalue weighted by Crippen LogP contribution is 2.25. The van der Waals surface area contributed by atoms with E-state index < -0.39 is 0 Å². The maximum atomic E-state index is 12.2. The quantitative estimate of drug-likeness (QED) is 0.896. The molecule has 0 spiro atoms. The number of aryl methyl sites for hydroxylation is 2. The van der Waals surface area contributed by atoms with Crippen LogP contribution < -0.4 is 10.6 Å². The normalized spacial score (nSPS) is 22.5. The maximum absolute atomic E-state index is 12.2. The maximum Gasteiger partial charge on any atom is 0.241 e. The van der Waals surface area contributed by atoms with Crippen molar-refractivity contribution < 1.29 is 9.53 Å². The molecule has 1 amide bonds. The van der Waals surface area contributed by atoms with Gasteiger partial charge in [-0.25, -0.2) is 0 Å². The highest BCUT2D eigenvalue weighted by atomic mass is 79.9. The van der Waals surface area contributed by atoms with Crippen molar-refractivity contribution in [2.75, 3.05) is 19.0 Å². The van der Waals surface area contributed by atoms with E-state index in [1.165, 1.54) is 0 Å². The second-order valence-corrected chi connectivity index (χ2v) is 5.87. The van der Waals surface area contributed by atoms with Crippen LogP contribution >= 0.6 is 15.9 Å². The Morgan fingerprint density at radius 3 is 2.58 bits per heavy atom. The van der Waals surface area contributed by atoms with Crippen molar-refractivity contribution in [2.45, 2.75) is 32.4 Å². The summed E-state index contributed by atoms with van der Waals surface area (Å²) in [4.78, 5) is 12.2. The van der Waals surface area contributed by atoms with Crippen LogP contribution in [0.15, 0.2) is 16.6 Å². The van der Waals surface area contributed by atoms with Crippen LogP contribution in [0.4, 0.5) is 5.69 Å². The van der Waals surface area contributed by atoms with Gasteiger partial charge in [-0.15, -0.1) is 0 Å². The van der Waals surface area contributed by atoms with E-state index >= 15 is 0 Å². The Labute approximate surface area is 122 Å². The highest BCUT2D eigenvalue weighted by molar-refractivity contribution is 9.10. The number of carbonyl (C=O) groups is 1. The zero-order chi connectivity index (χ0) is 14.0. The molecule has 104 valence electrons. The molecule has 1 aliphatic heterocycles. The van der Waals surface area contributed by atoms with E-state index in [4.69, 9.17) is 4.74 Å². The topological polar surface area (TPSA) is 50.4 Å². The molecule has 1 fully saturated rings. The Morgan fingerprint density at radius 2 is 2.05 bits per heavy atom. The smallest absolute Gasteiger partial charge is 0.241 e. The van der Waals surface area contributed by atoms with Crippen LogP contribution in [0.25, 0.3) is 0 Å². The summed E-state index contributed by atoms with van der Waals surface area (Å²) in [6.45, 7) is 4.72. The largest absolute Gasteiger partial charge is 0.380 e. The Balaban J connectivity index is 2.08. The molecule has 2 rings (SSSR count). The number of methoxy groups -OCH3 is 1. The van der Waals surface area contributed by atoms with Gasteiger partial charge in [0.05, 0.1) is 12.1 Å². The van der Waals surface area contributed by atoms with Gasteiger partial charge in [-0.05, 0) is 43.5 Å². The van der Waals surface area contributed by atoms with Crippen molar-refractivity contribution in [1.82, 2.24) is 5.32 Å². The molecule has 0 aliphatic carbocycles. The average Bonchev–Trinajstić information content (AvgIpc) is 2.82. The molecule has 1 aliphatic rings. The monoisotopic (exact) mass is 326 g/mol. The highest BCUT2D eigenvalue weighted by Gasteiger charge is 2.29. The van der Waals surface area contributed by atoms with E-state index in [0.29, 0.717) is 0 Å². The number of hydrogen-bond donors (Lipinski definition) is 2. The Bertz CT molecular complexity index is 467. The molecule has 0 aromatic heterocycles. The molecule has 1 aromatic rings. The summed E-state index contributed by atoms with van der Waals surface area (Å²) in [6.07, 6.45) is 0.847. The Kier molecular flexibility index (Phi) is 4.60. The lowest BCUT2D eigenvalue weighted by Gasteiger charge is -2.15. The average molecular weight is 327 g/mol. The van der Waals surface area contributed by atoms with Crippen LogP contribution in [-0.4, -0.2) is 31.7 Å². The second kappa shape index (κ2) is 6.03. The summed E-state index contributed by atoms with van der Waals surface area (Å²) in [5.41, 5.74) is 3.01. The van der Waals surface area contributed by atoms with Crippen LogP contribution in [0.2, 0.25) is 0 Å². The van der Waals surface area contributed by atoms with Crippen LogP contribution in [0.5, 0.6) is 0 Å². The van der Waals surface area contributed by atoms with Crippen LogP contribution in [0, 0.1) is 13.8 Å². The van der Waals surface area contributed by atoms with Crippen molar-refractivity contribution in [3.8, 4) is 0 Å². The molecule has 2 N–H and O–H groups in total. The minimum absolute atomic E-state index is 0.00747. The van der Waals surface area contributed by atoms with Gasteiger partial charge >= 0.3 is 0 Å². The van der Waals surface area contributed by atoms with Crippen molar-refractivity contribution in [2.24, 2.45) is 0 Å². The van der Waals surface area contributed by atoms with E-state index in [1.54, 1.807) is 7.11 Å². The Morgan fingerprint density at radius 1 is 1.42 bits per heavy atom. The first kappa shape index (κ1) is 14.5. The lowest BCUT2D eigenvalue weighted by Crippen LogP contribution is -2.35. The number of rotatable bonds is 3. The number of halogens is 1. The second-order valence-electron chi connectivity index (χ2n) is 4.96. The molecule has 19 heavy (non-hydrogen) atoms. The van der Waals surface area contributed by atoms with Crippen molar-refractivity contribution in [3.63, 3.8) is 0 Å². The zero-order valence-electron chi connectivity index (χ0n) is 11.4. The summed E-state index contributed by atoms with van der Waals surface area (Å²) in [5, 5.41) is 6.20. The molecule has 1 aromatic carbocycles. The van der Waals surface area contributed by atoms with E-state index in [2.05, 4.69) is 26.6 Å². The number of amides is 1. The van der Waals surface area contributed by atoms with E-state index in [9.17, 15) is 4.79 Å². The molecule has 4 nitrogen and oxygen atoms in total. The predicted molar refractivity (Wildman–Crippen MR) is 79.5 cm³/mol. The number of hydrogen-bond acceptors (Lipinski definition) is 3. The summed E-state index contributed by atoms with van der Waals surface area (Å²) < 4.78 is 6.28. The molecule has 1 heterocycles. The third kappa shape index (κ3) is 3.35. The number of ether oxygens (including phenoxy) is 1. The van der Waals surface area contributed by atoms with Gasteiger partial charge in [0.25, 0.3) is 0 Å². The molecule has 2 atom stereocenters. The first-order valence-corrected chi connectivity index (χ1v) is 7.14. The molecule has 0 saturated carbocycles. The predicted octanol–water partition coefficient (Wildman–Crippen LogP) is 2.38. The van der Waals surface area contributed by atoms with Crippen LogP contribution in [-0.2, 0) is 9.53 Å². The minimum atomic E-state index is -0.174. The fraction of sp³-hybridized carbons (Fsp3) is 0.500. The summed E-state index contributed by atoms with van der Waals surface area (Å²) >= 11 is 3.46. The van der Waals surface area contributed by atoms with Gasteiger partial charge in [0.15, 0.2) is 0 Å². The van der Waals surface area contributed by atoms with E-state index in [1.807, 2.05) is 26.0 Å². The molecule has 2 unspecified atom stereocenters. The molecule has 1 saturated heterocycles. The van der Waals surface area contributed by atoms with E-state index in [-0.39, 0.29) is 18.1 Å². The molecule has 0 radical (unpaired) electrons. The van der Waals surface area contributed by atoms with Gasteiger partial charge in [0.1, 0.15) is 0 Å². The third-order valence-electron chi connectivity index (χ3n) is 3.49. The summed E-state index contributed by atoms with van der Waals surface area (Å²) in [6, 6.07) is 3.83. The third-order valence-corrected chi connectivity index (χ3v) is 3.94. The summed E-state index contributed by atoms with van der Waals surface area (Å²) in [5.74, 6) is 0.00747. The SMILES string of the molecule is COC1CNC(C(=O)Nc2c(C)cc(Br)cc2C)C1. The van der Waals surface area contributed by atoms with Crippen molar-refractivity contribution >= 4 is 27.5 Å². The number of nitrogens with one attached hydrogen (secondary N) is 2. The van der Waals surface area contributed by atoms with Gasteiger partial charge in [-0.2, -0.15) is 0 Å². The summed E-state index contributed by atoms with van der Waals surface area (Å²) in [7, 11) is 1.68. The van der Waals surface area contributed by atoms with Gasteiger partial charge in [-0.3, -0.25) is 4.79 Å². The van der Waals surface area contributed by atoms with Crippen LogP contribution in [0.1, 0.15) is 17.5 Å². The van der Waals surface area contributed by atoms with Crippen LogP contribution in [0.3, 0.4) is 0 Å². The van der Waals surface area contributed by atoms with Gasteiger partial charge in [0.2, 0.25) is 5.91 Å². The fourth-order valence-corrected chi connectivity index (χ4v) is 3.09.